The molecule has 0 atom stereocenters. The Bertz CT molecular complexity index is 778. The van der Waals surface area contributed by atoms with Crippen LogP contribution in [-0.4, -0.2) is 43.5 Å². The molecule has 0 aromatic heterocycles. The Morgan fingerprint density at radius 3 is 2.67 bits per heavy atom. The maximum Gasteiger partial charge on any atom is 0.248 e. The summed E-state index contributed by atoms with van der Waals surface area (Å²) in [6.45, 7) is 4.39. The highest BCUT2D eigenvalue weighted by molar-refractivity contribution is 6.30. The molecule has 3 N–H and O–H groups in total. The molecule has 0 aliphatic rings. The van der Waals surface area contributed by atoms with E-state index < -0.39 is 5.91 Å². The lowest BCUT2D eigenvalue weighted by atomic mass is 10.1. The Balaban J connectivity index is 1.93. The minimum atomic E-state index is -0.441. The number of hydrogen-bond acceptors (Lipinski definition) is 3. The van der Waals surface area contributed by atoms with Crippen molar-refractivity contribution in [2.45, 2.75) is 13.5 Å². The largest absolute Gasteiger partial charge is 0.492 e. The summed E-state index contributed by atoms with van der Waals surface area (Å²) in [5.74, 6) is 1.10. The first-order valence-corrected chi connectivity index (χ1v) is 9.14. The first-order valence-electron chi connectivity index (χ1n) is 8.76. The van der Waals surface area contributed by atoms with Crippen LogP contribution < -0.4 is 15.8 Å². The van der Waals surface area contributed by atoms with Crippen LogP contribution in [0.25, 0.3) is 0 Å². The SMILES string of the molecule is CCNC(=NCc1cccc(C(N)=O)c1)N(C)CCOc1ccc(Cl)cc1. The summed E-state index contributed by atoms with van der Waals surface area (Å²) in [5.41, 5.74) is 6.74. The van der Waals surface area contributed by atoms with Crippen LogP contribution in [0.5, 0.6) is 5.75 Å². The molecule has 2 aromatic carbocycles. The van der Waals surface area contributed by atoms with Gasteiger partial charge in [-0.3, -0.25) is 4.79 Å². The van der Waals surface area contributed by atoms with Gasteiger partial charge in [0.05, 0.1) is 13.1 Å². The second kappa shape index (κ2) is 10.4. The minimum Gasteiger partial charge on any atom is -0.492 e. The number of benzene rings is 2. The molecule has 2 rings (SSSR count). The third kappa shape index (κ3) is 6.83. The van der Waals surface area contributed by atoms with Gasteiger partial charge in [-0.15, -0.1) is 0 Å². The molecular weight excluding hydrogens is 364 g/mol. The quantitative estimate of drug-likeness (QED) is 0.538. The monoisotopic (exact) mass is 388 g/mol. The average Bonchev–Trinajstić information content (AvgIpc) is 2.66. The van der Waals surface area contributed by atoms with Gasteiger partial charge < -0.3 is 20.7 Å². The maximum absolute atomic E-state index is 11.3. The van der Waals surface area contributed by atoms with Crippen LogP contribution in [0, 0.1) is 0 Å². The van der Waals surface area contributed by atoms with Gasteiger partial charge in [-0.2, -0.15) is 0 Å². The number of carbonyl (C=O) groups is 1. The first-order chi connectivity index (χ1) is 13.0. The molecule has 7 heteroatoms. The van der Waals surface area contributed by atoms with Gasteiger partial charge >= 0.3 is 0 Å². The summed E-state index contributed by atoms with van der Waals surface area (Å²) in [6.07, 6.45) is 0. The molecule has 0 unspecified atom stereocenters. The number of primary amides is 1. The van der Waals surface area contributed by atoms with Crippen LogP contribution in [-0.2, 0) is 6.54 Å². The van der Waals surface area contributed by atoms with Gasteiger partial charge in [-0.25, -0.2) is 4.99 Å². The standard InChI is InChI=1S/C20H25ClN4O2/c1-3-23-20(24-14-15-5-4-6-16(13-15)19(22)26)25(2)11-12-27-18-9-7-17(21)8-10-18/h4-10,13H,3,11-12,14H2,1-2H3,(H2,22,26)(H,23,24). The summed E-state index contributed by atoms with van der Waals surface area (Å²) < 4.78 is 5.73. The summed E-state index contributed by atoms with van der Waals surface area (Å²) in [6, 6.07) is 14.5. The van der Waals surface area contributed by atoms with Crippen LogP contribution in [0.3, 0.4) is 0 Å². The Kier molecular flexibility index (Phi) is 7.95. The van der Waals surface area contributed by atoms with E-state index in [9.17, 15) is 4.79 Å². The van der Waals surface area contributed by atoms with E-state index in [0.717, 1.165) is 23.8 Å². The molecule has 2 aromatic rings. The molecule has 27 heavy (non-hydrogen) atoms. The number of halogens is 1. The van der Waals surface area contributed by atoms with Crippen molar-refractivity contribution in [3.05, 3.63) is 64.7 Å². The van der Waals surface area contributed by atoms with Gasteiger partial charge in [0.15, 0.2) is 5.96 Å². The predicted molar refractivity (Wildman–Crippen MR) is 109 cm³/mol. The van der Waals surface area contributed by atoms with Gasteiger partial charge in [0.2, 0.25) is 5.91 Å². The minimum absolute atomic E-state index is 0.441. The van der Waals surface area contributed by atoms with Gasteiger partial charge in [-0.05, 0) is 48.9 Å². The number of nitrogens with zero attached hydrogens (tertiary/aromatic N) is 2. The Morgan fingerprint density at radius 2 is 2.00 bits per heavy atom. The summed E-state index contributed by atoms with van der Waals surface area (Å²) in [7, 11) is 1.95. The number of ether oxygens (including phenoxy) is 1. The number of hydrogen-bond donors (Lipinski definition) is 2. The smallest absolute Gasteiger partial charge is 0.248 e. The second-order valence-electron chi connectivity index (χ2n) is 5.96. The zero-order valence-electron chi connectivity index (χ0n) is 15.6. The summed E-state index contributed by atoms with van der Waals surface area (Å²) >= 11 is 5.87. The van der Waals surface area contributed by atoms with Crippen molar-refractivity contribution in [2.24, 2.45) is 10.7 Å². The highest BCUT2D eigenvalue weighted by Crippen LogP contribution is 2.15. The van der Waals surface area contributed by atoms with Crippen molar-refractivity contribution < 1.29 is 9.53 Å². The van der Waals surface area contributed by atoms with Gasteiger partial charge in [0, 0.05) is 24.2 Å². The van der Waals surface area contributed by atoms with Crippen molar-refractivity contribution in [1.82, 2.24) is 10.2 Å². The zero-order valence-corrected chi connectivity index (χ0v) is 16.4. The molecule has 1 amide bonds. The molecule has 0 aliphatic carbocycles. The molecule has 6 nitrogen and oxygen atoms in total. The zero-order chi connectivity index (χ0) is 19.6. The van der Waals surface area contributed by atoms with E-state index in [0.29, 0.717) is 30.3 Å². The molecule has 0 heterocycles. The van der Waals surface area contributed by atoms with Crippen LogP contribution in [0.4, 0.5) is 0 Å². The normalized spacial score (nSPS) is 11.1. The van der Waals surface area contributed by atoms with E-state index >= 15 is 0 Å². The first kappa shape index (κ1) is 20.6. The maximum atomic E-state index is 11.3. The number of nitrogens with two attached hydrogens (primary N) is 1. The Hall–Kier alpha value is -2.73. The predicted octanol–water partition coefficient (Wildman–Crippen LogP) is 2.92. The topological polar surface area (TPSA) is 79.9 Å². The molecule has 0 saturated carbocycles. The number of aliphatic imine (C=N–C) groups is 1. The van der Waals surface area contributed by atoms with Gasteiger partial charge in [0.25, 0.3) is 0 Å². The second-order valence-corrected chi connectivity index (χ2v) is 6.40. The van der Waals surface area contributed by atoms with Crippen molar-refractivity contribution in [3.63, 3.8) is 0 Å². The van der Waals surface area contributed by atoms with E-state index in [-0.39, 0.29) is 0 Å². The van der Waals surface area contributed by atoms with E-state index in [1.165, 1.54) is 0 Å². The number of carbonyl (C=O) groups excluding carboxylic acids is 1. The van der Waals surface area contributed by atoms with E-state index in [2.05, 4.69) is 10.3 Å². The van der Waals surface area contributed by atoms with Gasteiger partial charge in [0.1, 0.15) is 12.4 Å². The van der Waals surface area contributed by atoms with E-state index in [4.69, 9.17) is 22.1 Å². The van der Waals surface area contributed by atoms with Crippen LogP contribution in [0.15, 0.2) is 53.5 Å². The third-order valence-corrected chi connectivity index (χ3v) is 4.08. The molecule has 0 fully saturated rings. The molecular formula is C20H25ClN4O2. The fourth-order valence-electron chi connectivity index (χ4n) is 2.40. The Morgan fingerprint density at radius 1 is 1.26 bits per heavy atom. The van der Waals surface area contributed by atoms with Crippen molar-refractivity contribution in [2.75, 3.05) is 26.7 Å². The van der Waals surface area contributed by atoms with Crippen LogP contribution in [0.2, 0.25) is 5.02 Å². The third-order valence-electron chi connectivity index (χ3n) is 3.83. The lowest BCUT2D eigenvalue weighted by Gasteiger charge is -2.22. The summed E-state index contributed by atoms with van der Waals surface area (Å²) in [4.78, 5) is 17.9. The molecule has 144 valence electrons. The van der Waals surface area contributed by atoms with E-state index in [1.807, 2.05) is 43.1 Å². The number of rotatable bonds is 8. The average molecular weight is 389 g/mol. The van der Waals surface area contributed by atoms with Crippen LogP contribution >= 0.6 is 11.6 Å². The highest BCUT2D eigenvalue weighted by Gasteiger charge is 2.07. The number of likely N-dealkylation sites (N-methyl/N-ethyl adjacent to an activating group) is 1. The fourth-order valence-corrected chi connectivity index (χ4v) is 2.52. The number of amides is 1. The number of guanidine groups is 1. The van der Waals surface area contributed by atoms with Crippen LogP contribution in [0.1, 0.15) is 22.8 Å². The molecule has 0 bridgehead atoms. The van der Waals surface area contributed by atoms with Crippen molar-refractivity contribution in [1.29, 1.82) is 0 Å². The van der Waals surface area contributed by atoms with Crippen molar-refractivity contribution in [3.8, 4) is 5.75 Å². The highest BCUT2D eigenvalue weighted by atomic mass is 35.5. The van der Waals surface area contributed by atoms with Crippen molar-refractivity contribution >= 4 is 23.5 Å². The molecule has 0 spiro atoms. The lowest BCUT2D eigenvalue weighted by molar-refractivity contribution is 0.1000. The molecule has 0 aliphatic heterocycles. The molecule has 0 radical (unpaired) electrons. The summed E-state index contributed by atoms with van der Waals surface area (Å²) in [5, 5.41) is 3.94. The lowest BCUT2D eigenvalue weighted by Crippen LogP contribution is -2.40. The fraction of sp³-hybridized carbons (Fsp3) is 0.300. The number of nitrogens with one attached hydrogen (secondary N) is 1. The van der Waals surface area contributed by atoms with Gasteiger partial charge in [-0.1, -0.05) is 23.7 Å². The molecule has 0 saturated heterocycles. The Labute approximate surface area is 165 Å². The van der Waals surface area contributed by atoms with E-state index in [1.54, 1.807) is 24.3 Å².